The van der Waals surface area contributed by atoms with Gasteiger partial charge in [0.15, 0.2) is 16.7 Å². The van der Waals surface area contributed by atoms with E-state index in [1.54, 1.807) is 19.1 Å². The van der Waals surface area contributed by atoms with Crippen LogP contribution in [0, 0.1) is 0 Å². The molecular weight excluding hydrogens is 430 g/mol. The van der Waals surface area contributed by atoms with Gasteiger partial charge in [0.2, 0.25) is 12.7 Å². The highest BCUT2D eigenvalue weighted by Crippen LogP contribution is 2.32. The Morgan fingerprint density at radius 2 is 2.00 bits per heavy atom. The van der Waals surface area contributed by atoms with E-state index in [0.717, 1.165) is 16.2 Å². The maximum atomic E-state index is 12.7. The molecule has 1 aliphatic heterocycles. The van der Waals surface area contributed by atoms with E-state index in [9.17, 15) is 9.59 Å². The van der Waals surface area contributed by atoms with E-state index in [1.807, 2.05) is 42.7 Å². The topological polar surface area (TPSA) is 91.7 Å². The van der Waals surface area contributed by atoms with Crippen molar-refractivity contribution in [3.8, 4) is 11.5 Å². The Bertz CT molecular complexity index is 1160. The number of rotatable bonds is 8. The number of hydrogen-bond donors (Lipinski definition) is 1. The number of thioether (sulfide) groups is 1. The SMILES string of the molecule is CCOC(=O)c1ccc2c(c1)nc(SC(C)C(=O)NCc1ccc3c(c1)OCO3)n2CC. The van der Waals surface area contributed by atoms with Crippen LogP contribution in [0.3, 0.4) is 0 Å². The summed E-state index contributed by atoms with van der Waals surface area (Å²) >= 11 is 1.39. The number of carbonyl (C=O) groups is 2. The average Bonchev–Trinajstić information content (AvgIpc) is 3.40. The lowest BCUT2D eigenvalue weighted by atomic mass is 10.2. The first-order valence-electron chi connectivity index (χ1n) is 10.5. The number of esters is 1. The van der Waals surface area contributed by atoms with Gasteiger partial charge in [-0.25, -0.2) is 9.78 Å². The highest BCUT2D eigenvalue weighted by Gasteiger charge is 2.20. The molecule has 1 aliphatic rings. The van der Waals surface area contributed by atoms with E-state index in [2.05, 4.69) is 10.3 Å². The summed E-state index contributed by atoms with van der Waals surface area (Å²) in [5.41, 5.74) is 3.02. The fourth-order valence-corrected chi connectivity index (χ4v) is 4.45. The second kappa shape index (κ2) is 9.52. The first kappa shape index (κ1) is 22.0. The molecule has 0 saturated carbocycles. The molecule has 4 rings (SSSR count). The average molecular weight is 456 g/mol. The molecule has 32 heavy (non-hydrogen) atoms. The zero-order chi connectivity index (χ0) is 22.7. The molecule has 0 spiro atoms. The van der Waals surface area contributed by atoms with Gasteiger partial charge >= 0.3 is 5.97 Å². The van der Waals surface area contributed by atoms with Crippen LogP contribution in [0.5, 0.6) is 11.5 Å². The normalized spacial score (nSPS) is 13.2. The van der Waals surface area contributed by atoms with Gasteiger partial charge in [0.05, 0.1) is 28.5 Å². The Kier molecular flexibility index (Phi) is 6.55. The fraction of sp³-hybridized carbons (Fsp3) is 0.348. The molecule has 0 radical (unpaired) electrons. The van der Waals surface area contributed by atoms with Crippen molar-refractivity contribution >= 4 is 34.7 Å². The predicted octanol–water partition coefficient (Wildman–Crippen LogP) is 3.76. The molecule has 0 fully saturated rings. The van der Waals surface area contributed by atoms with Crippen molar-refractivity contribution in [2.75, 3.05) is 13.4 Å². The van der Waals surface area contributed by atoms with Crippen molar-refractivity contribution in [3.05, 3.63) is 47.5 Å². The van der Waals surface area contributed by atoms with Crippen LogP contribution in [0.2, 0.25) is 0 Å². The van der Waals surface area contributed by atoms with Crippen LogP contribution in [0.25, 0.3) is 11.0 Å². The molecule has 168 valence electrons. The molecule has 1 unspecified atom stereocenters. The zero-order valence-electron chi connectivity index (χ0n) is 18.2. The number of nitrogens with zero attached hydrogens (tertiary/aromatic N) is 2. The molecule has 9 heteroatoms. The summed E-state index contributed by atoms with van der Waals surface area (Å²) in [5.74, 6) is 0.951. The predicted molar refractivity (Wildman–Crippen MR) is 121 cm³/mol. The molecule has 3 aromatic rings. The minimum atomic E-state index is -0.370. The van der Waals surface area contributed by atoms with E-state index in [0.29, 0.717) is 42.3 Å². The number of fused-ring (bicyclic) bond motifs is 2. The summed E-state index contributed by atoms with van der Waals surface area (Å²) in [6.07, 6.45) is 0. The van der Waals surface area contributed by atoms with Crippen molar-refractivity contribution in [1.82, 2.24) is 14.9 Å². The van der Waals surface area contributed by atoms with E-state index in [-0.39, 0.29) is 23.9 Å². The Balaban J connectivity index is 1.44. The van der Waals surface area contributed by atoms with E-state index in [4.69, 9.17) is 14.2 Å². The van der Waals surface area contributed by atoms with Crippen molar-refractivity contribution in [3.63, 3.8) is 0 Å². The number of amides is 1. The van der Waals surface area contributed by atoms with E-state index >= 15 is 0 Å². The summed E-state index contributed by atoms with van der Waals surface area (Å²) in [6.45, 7) is 7.28. The summed E-state index contributed by atoms with van der Waals surface area (Å²) in [6, 6.07) is 11.0. The number of benzene rings is 2. The van der Waals surface area contributed by atoms with Crippen LogP contribution in [-0.4, -0.2) is 40.1 Å². The molecule has 0 aliphatic carbocycles. The second-order valence-corrected chi connectivity index (χ2v) is 8.54. The highest BCUT2D eigenvalue weighted by molar-refractivity contribution is 8.00. The second-order valence-electron chi connectivity index (χ2n) is 7.23. The molecule has 0 saturated heterocycles. The standard InChI is InChI=1S/C23H25N3O5S/c1-4-26-18-8-7-16(22(28)29-5-2)11-17(18)25-23(26)32-14(3)21(27)24-12-15-6-9-19-20(10-15)31-13-30-19/h6-11,14H,4-5,12-13H2,1-3H3,(H,24,27). The number of aryl methyl sites for hydroxylation is 1. The summed E-state index contributed by atoms with van der Waals surface area (Å²) in [7, 11) is 0. The van der Waals surface area contributed by atoms with Crippen LogP contribution in [-0.2, 0) is 22.6 Å². The van der Waals surface area contributed by atoms with Gasteiger partial charge in [0.1, 0.15) is 0 Å². The van der Waals surface area contributed by atoms with Crippen LogP contribution in [0.1, 0.15) is 36.7 Å². The fourth-order valence-electron chi connectivity index (χ4n) is 3.44. The van der Waals surface area contributed by atoms with Crippen molar-refractivity contribution < 1.29 is 23.8 Å². The Labute approximate surface area is 190 Å². The number of imidazole rings is 1. The maximum Gasteiger partial charge on any atom is 0.338 e. The summed E-state index contributed by atoms with van der Waals surface area (Å²) in [4.78, 5) is 29.4. The van der Waals surface area contributed by atoms with Gasteiger partial charge < -0.3 is 24.1 Å². The molecule has 2 aromatic carbocycles. The molecule has 1 atom stereocenters. The van der Waals surface area contributed by atoms with Crippen LogP contribution < -0.4 is 14.8 Å². The van der Waals surface area contributed by atoms with Crippen LogP contribution >= 0.6 is 11.8 Å². The third-order valence-corrected chi connectivity index (χ3v) is 6.19. The van der Waals surface area contributed by atoms with Crippen molar-refractivity contribution in [2.45, 2.75) is 44.3 Å². The van der Waals surface area contributed by atoms with Gasteiger partial charge in [-0.3, -0.25) is 4.79 Å². The molecule has 1 N–H and O–H groups in total. The van der Waals surface area contributed by atoms with E-state index < -0.39 is 0 Å². The van der Waals surface area contributed by atoms with Gasteiger partial charge in [-0.1, -0.05) is 17.8 Å². The lowest BCUT2D eigenvalue weighted by Crippen LogP contribution is -2.30. The molecule has 0 bridgehead atoms. The smallest absolute Gasteiger partial charge is 0.338 e. The molecular formula is C23H25N3O5S. The molecule has 2 heterocycles. The first-order valence-corrected chi connectivity index (χ1v) is 11.4. The number of aromatic nitrogens is 2. The van der Waals surface area contributed by atoms with Gasteiger partial charge in [-0.2, -0.15) is 0 Å². The molecule has 1 aromatic heterocycles. The van der Waals surface area contributed by atoms with Gasteiger partial charge in [0.25, 0.3) is 0 Å². The van der Waals surface area contributed by atoms with Gasteiger partial charge in [0, 0.05) is 13.1 Å². The Morgan fingerprint density at radius 1 is 1.19 bits per heavy atom. The zero-order valence-corrected chi connectivity index (χ0v) is 19.0. The Morgan fingerprint density at radius 3 is 2.78 bits per heavy atom. The van der Waals surface area contributed by atoms with Crippen LogP contribution in [0.4, 0.5) is 0 Å². The number of carbonyl (C=O) groups excluding carboxylic acids is 2. The number of ether oxygens (including phenoxy) is 3. The highest BCUT2D eigenvalue weighted by atomic mass is 32.2. The lowest BCUT2D eigenvalue weighted by molar-refractivity contribution is -0.120. The lowest BCUT2D eigenvalue weighted by Gasteiger charge is -2.13. The summed E-state index contributed by atoms with van der Waals surface area (Å²) in [5, 5.41) is 3.34. The minimum absolute atomic E-state index is 0.0883. The Hall–Kier alpha value is -3.20. The third-order valence-electron chi connectivity index (χ3n) is 5.10. The minimum Gasteiger partial charge on any atom is -0.462 e. The number of hydrogen-bond acceptors (Lipinski definition) is 7. The van der Waals surface area contributed by atoms with Gasteiger partial charge in [-0.05, 0) is 56.7 Å². The first-order chi connectivity index (χ1) is 15.5. The maximum absolute atomic E-state index is 12.7. The molecule has 1 amide bonds. The van der Waals surface area contributed by atoms with Crippen LogP contribution in [0.15, 0.2) is 41.6 Å². The van der Waals surface area contributed by atoms with Gasteiger partial charge in [-0.15, -0.1) is 0 Å². The largest absolute Gasteiger partial charge is 0.462 e. The van der Waals surface area contributed by atoms with E-state index in [1.165, 1.54) is 11.8 Å². The van der Waals surface area contributed by atoms with Crippen molar-refractivity contribution in [1.29, 1.82) is 0 Å². The monoisotopic (exact) mass is 455 g/mol. The number of nitrogens with one attached hydrogen (secondary N) is 1. The quantitative estimate of drug-likeness (QED) is 0.408. The third kappa shape index (κ3) is 4.52. The molecule has 8 nitrogen and oxygen atoms in total. The van der Waals surface area contributed by atoms with Crippen molar-refractivity contribution in [2.24, 2.45) is 0 Å². The summed E-state index contributed by atoms with van der Waals surface area (Å²) < 4.78 is 17.8.